The molecule has 0 aliphatic carbocycles. The maximum Gasteiger partial charge on any atom is 0.304 e. The average Bonchev–Trinajstić information content (AvgIpc) is 2.41. The molecule has 2 N–H and O–H groups in total. The molecule has 0 unspecified atom stereocenters. The minimum Gasteiger partial charge on any atom is -0.393 e. The molecule has 0 atom stereocenters. The minimum absolute atomic E-state index is 0.00917. The molecule has 0 saturated carbocycles. The van der Waals surface area contributed by atoms with E-state index in [2.05, 4.69) is 0 Å². The molecule has 0 fully saturated rings. The molecule has 0 aliphatic rings. The van der Waals surface area contributed by atoms with Crippen molar-refractivity contribution in [2.45, 2.75) is 13.3 Å². The second-order valence-electron chi connectivity index (χ2n) is 5.10. The van der Waals surface area contributed by atoms with Gasteiger partial charge in [-0.15, -0.1) is 0 Å². The van der Waals surface area contributed by atoms with Crippen molar-refractivity contribution in [1.82, 2.24) is 9.80 Å². The van der Waals surface area contributed by atoms with E-state index in [0.29, 0.717) is 19.6 Å². The molecule has 1 amide bonds. The standard InChI is InChI=1S/C14H22N4O3/c1-4-8-17(10-9-16(2)3)14(19)11-6-5-7-12(15)13(11)18(20)21/h5-7H,4,8-10,15H2,1-3H3. The third kappa shape index (κ3) is 4.42. The van der Waals surface area contributed by atoms with Gasteiger partial charge in [-0.3, -0.25) is 14.9 Å². The third-order valence-corrected chi connectivity index (χ3v) is 3.08. The molecular weight excluding hydrogens is 272 g/mol. The number of nitrogen functional groups attached to an aromatic ring is 1. The van der Waals surface area contributed by atoms with Gasteiger partial charge in [-0.25, -0.2) is 0 Å². The Morgan fingerprint density at radius 2 is 1.95 bits per heavy atom. The normalized spacial score (nSPS) is 10.7. The Balaban J connectivity index is 3.09. The van der Waals surface area contributed by atoms with E-state index in [1.165, 1.54) is 12.1 Å². The predicted molar refractivity (Wildman–Crippen MR) is 82.3 cm³/mol. The highest BCUT2D eigenvalue weighted by atomic mass is 16.6. The van der Waals surface area contributed by atoms with Gasteiger partial charge < -0.3 is 15.5 Å². The van der Waals surface area contributed by atoms with Gasteiger partial charge in [-0.05, 0) is 32.6 Å². The second kappa shape index (κ2) is 7.58. The van der Waals surface area contributed by atoms with E-state index in [1.54, 1.807) is 11.0 Å². The van der Waals surface area contributed by atoms with Crippen molar-refractivity contribution < 1.29 is 9.72 Å². The maximum atomic E-state index is 12.6. The van der Waals surface area contributed by atoms with Crippen molar-refractivity contribution in [3.63, 3.8) is 0 Å². The zero-order chi connectivity index (χ0) is 16.0. The van der Waals surface area contributed by atoms with Crippen molar-refractivity contribution in [2.24, 2.45) is 0 Å². The number of nitro groups is 1. The molecule has 1 aromatic rings. The molecule has 0 aromatic heterocycles. The van der Waals surface area contributed by atoms with Crippen molar-refractivity contribution in [1.29, 1.82) is 0 Å². The van der Waals surface area contributed by atoms with Crippen LogP contribution in [0.25, 0.3) is 0 Å². The molecule has 0 aliphatic heterocycles. The van der Waals surface area contributed by atoms with E-state index < -0.39 is 4.92 Å². The van der Waals surface area contributed by atoms with Crippen LogP contribution in [0.2, 0.25) is 0 Å². The summed E-state index contributed by atoms with van der Waals surface area (Å²) in [7, 11) is 3.83. The first kappa shape index (κ1) is 16.9. The van der Waals surface area contributed by atoms with E-state index in [9.17, 15) is 14.9 Å². The quantitative estimate of drug-likeness (QED) is 0.468. The van der Waals surface area contributed by atoms with Gasteiger partial charge in [0.2, 0.25) is 0 Å². The Labute approximate surface area is 124 Å². The first-order chi connectivity index (χ1) is 9.88. The molecule has 1 aromatic carbocycles. The van der Waals surface area contributed by atoms with E-state index in [4.69, 9.17) is 5.73 Å². The Morgan fingerprint density at radius 3 is 2.48 bits per heavy atom. The van der Waals surface area contributed by atoms with Crippen LogP contribution < -0.4 is 5.73 Å². The molecule has 0 heterocycles. The Hall–Kier alpha value is -2.15. The maximum absolute atomic E-state index is 12.6. The highest BCUT2D eigenvalue weighted by molar-refractivity contribution is 6.00. The molecule has 0 saturated heterocycles. The highest BCUT2D eigenvalue weighted by Crippen LogP contribution is 2.27. The highest BCUT2D eigenvalue weighted by Gasteiger charge is 2.26. The van der Waals surface area contributed by atoms with Crippen molar-refractivity contribution in [2.75, 3.05) is 39.5 Å². The lowest BCUT2D eigenvalue weighted by atomic mass is 10.1. The van der Waals surface area contributed by atoms with Crippen LogP contribution >= 0.6 is 0 Å². The number of carbonyl (C=O) groups excluding carboxylic acids is 1. The van der Waals surface area contributed by atoms with Crippen LogP contribution in [0.4, 0.5) is 11.4 Å². The molecular formula is C14H22N4O3. The molecule has 0 spiro atoms. The summed E-state index contributed by atoms with van der Waals surface area (Å²) >= 11 is 0. The number of hydrogen-bond acceptors (Lipinski definition) is 5. The lowest BCUT2D eigenvalue weighted by molar-refractivity contribution is -0.384. The summed E-state index contributed by atoms with van der Waals surface area (Å²) in [5.41, 5.74) is 5.38. The number of carbonyl (C=O) groups is 1. The van der Waals surface area contributed by atoms with Crippen LogP contribution in [0.5, 0.6) is 0 Å². The predicted octanol–water partition coefficient (Wildman–Crippen LogP) is 1.59. The van der Waals surface area contributed by atoms with Crippen LogP contribution in [-0.2, 0) is 0 Å². The van der Waals surface area contributed by atoms with E-state index >= 15 is 0 Å². The zero-order valence-electron chi connectivity index (χ0n) is 12.7. The monoisotopic (exact) mass is 294 g/mol. The summed E-state index contributed by atoms with van der Waals surface area (Å²) in [4.78, 5) is 26.7. The van der Waals surface area contributed by atoms with Gasteiger partial charge >= 0.3 is 5.69 Å². The summed E-state index contributed by atoms with van der Waals surface area (Å²) in [5.74, 6) is -0.349. The number of rotatable bonds is 7. The van der Waals surface area contributed by atoms with Gasteiger partial charge in [0.15, 0.2) is 0 Å². The summed E-state index contributed by atoms with van der Waals surface area (Å²) in [6.45, 7) is 3.73. The number of likely N-dealkylation sites (N-methyl/N-ethyl adjacent to an activating group) is 1. The first-order valence-electron chi connectivity index (χ1n) is 6.85. The number of nitro benzene ring substituents is 1. The summed E-state index contributed by atoms with van der Waals surface area (Å²) in [5, 5.41) is 11.1. The smallest absolute Gasteiger partial charge is 0.304 e. The van der Waals surface area contributed by atoms with Crippen molar-refractivity contribution >= 4 is 17.3 Å². The Bertz CT molecular complexity index is 517. The van der Waals surface area contributed by atoms with Crippen LogP contribution in [0.1, 0.15) is 23.7 Å². The Kier molecular flexibility index (Phi) is 6.10. The van der Waals surface area contributed by atoms with E-state index in [-0.39, 0.29) is 22.8 Å². The topological polar surface area (TPSA) is 92.7 Å². The zero-order valence-corrected chi connectivity index (χ0v) is 12.7. The number of para-hydroxylation sites is 1. The number of anilines is 1. The van der Waals surface area contributed by atoms with Gasteiger partial charge in [0.1, 0.15) is 11.3 Å². The molecule has 0 bridgehead atoms. The van der Waals surface area contributed by atoms with E-state index in [0.717, 1.165) is 6.42 Å². The molecule has 0 radical (unpaired) electrons. The third-order valence-electron chi connectivity index (χ3n) is 3.08. The van der Waals surface area contributed by atoms with Crippen LogP contribution in [0.3, 0.4) is 0 Å². The molecule has 1 rings (SSSR count). The number of amides is 1. The fourth-order valence-corrected chi connectivity index (χ4v) is 2.01. The fraction of sp³-hybridized carbons (Fsp3) is 0.500. The second-order valence-corrected chi connectivity index (χ2v) is 5.10. The minimum atomic E-state index is -0.599. The molecule has 7 heteroatoms. The van der Waals surface area contributed by atoms with Crippen molar-refractivity contribution in [3.05, 3.63) is 33.9 Å². The number of nitrogens with two attached hydrogens (primary N) is 1. The van der Waals surface area contributed by atoms with Crippen molar-refractivity contribution in [3.8, 4) is 0 Å². The van der Waals surface area contributed by atoms with Gasteiger partial charge in [-0.2, -0.15) is 0 Å². The van der Waals surface area contributed by atoms with Crippen LogP contribution in [0.15, 0.2) is 18.2 Å². The molecule has 21 heavy (non-hydrogen) atoms. The number of nitrogens with zero attached hydrogens (tertiary/aromatic N) is 3. The molecule has 7 nitrogen and oxygen atoms in total. The lowest BCUT2D eigenvalue weighted by Crippen LogP contribution is -2.37. The number of hydrogen-bond donors (Lipinski definition) is 1. The fourth-order valence-electron chi connectivity index (χ4n) is 2.01. The van der Waals surface area contributed by atoms with Crippen LogP contribution in [-0.4, -0.2) is 54.4 Å². The summed E-state index contributed by atoms with van der Waals surface area (Å²) in [6, 6.07) is 4.44. The van der Waals surface area contributed by atoms with Gasteiger partial charge in [0.05, 0.1) is 4.92 Å². The number of benzene rings is 1. The lowest BCUT2D eigenvalue weighted by Gasteiger charge is -2.24. The van der Waals surface area contributed by atoms with E-state index in [1.807, 2.05) is 25.9 Å². The summed E-state index contributed by atoms with van der Waals surface area (Å²) in [6.07, 6.45) is 0.787. The largest absolute Gasteiger partial charge is 0.393 e. The first-order valence-corrected chi connectivity index (χ1v) is 6.85. The Morgan fingerprint density at radius 1 is 1.29 bits per heavy atom. The van der Waals surface area contributed by atoms with Gasteiger partial charge in [-0.1, -0.05) is 13.0 Å². The SMILES string of the molecule is CCCN(CCN(C)C)C(=O)c1cccc(N)c1[N+](=O)[O-]. The van der Waals surface area contributed by atoms with Gasteiger partial charge in [0.25, 0.3) is 5.91 Å². The molecule has 116 valence electrons. The van der Waals surface area contributed by atoms with Crippen LogP contribution in [0, 0.1) is 10.1 Å². The summed E-state index contributed by atoms with van der Waals surface area (Å²) < 4.78 is 0. The van der Waals surface area contributed by atoms with Gasteiger partial charge in [0, 0.05) is 19.6 Å². The average molecular weight is 294 g/mol.